The highest BCUT2D eigenvalue weighted by molar-refractivity contribution is 9.10. The lowest BCUT2D eigenvalue weighted by atomic mass is 9.99. The van der Waals surface area contributed by atoms with E-state index in [1.165, 1.54) is 6.07 Å². The fourth-order valence-corrected chi connectivity index (χ4v) is 2.08. The Balaban J connectivity index is 2.72. The molecule has 0 fully saturated rings. The minimum Gasteiger partial charge on any atom is -0.258 e. The molecule has 0 bridgehead atoms. The van der Waals surface area contributed by atoms with Gasteiger partial charge in [0.05, 0.1) is 10.5 Å². The maximum absolute atomic E-state index is 11.1. The number of nitrogens with zero attached hydrogens (tertiary/aromatic N) is 1. The van der Waals surface area contributed by atoms with Crippen molar-refractivity contribution in [2.24, 2.45) is 0 Å². The summed E-state index contributed by atoms with van der Waals surface area (Å²) < 4.78 is 0.663. The third-order valence-electron chi connectivity index (χ3n) is 2.53. The molecule has 2 aromatic carbocycles. The molecule has 88 valence electrons. The first kappa shape index (κ1) is 12.3. The van der Waals surface area contributed by atoms with E-state index in [2.05, 4.69) is 21.9 Å². The van der Waals surface area contributed by atoms with Gasteiger partial charge in [0, 0.05) is 21.7 Å². The van der Waals surface area contributed by atoms with Gasteiger partial charge >= 0.3 is 0 Å². The van der Waals surface area contributed by atoms with Crippen molar-refractivity contribution in [2.45, 2.75) is 0 Å². The van der Waals surface area contributed by atoms with Gasteiger partial charge in [-0.1, -0.05) is 40.0 Å². The fourth-order valence-electron chi connectivity index (χ4n) is 1.73. The summed E-state index contributed by atoms with van der Waals surface area (Å²) in [5, 5.41) is 11.1. The van der Waals surface area contributed by atoms with E-state index in [0.29, 0.717) is 21.2 Å². The van der Waals surface area contributed by atoms with Crippen LogP contribution in [0.4, 0.5) is 5.69 Å². The lowest BCUT2D eigenvalue weighted by Crippen LogP contribution is -1.93. The van der Waals surface area contributed by atoms with Crippen LogP contribution in [0.1, 0.15) is 5.56 Å². The number of hydrogen-bond donors (Lipinski definition) is 0. The second kappa shape index (κ2) is 5.03. The zero-order valence-corrected chi connectivity index (χ0v) is 10.8. The fraction of sp³-hybridized carbons (Fsp3) is 0. The van der Waals surface area contributed by atoms with Crippen LogP contribution in [0, 0.1) is 22.5 Å². The lowest BCUT2D eigenvalue weighted by molar-refractivity contribution is -0.384. The number of benzene rings is 2. The van der Waals surface area contributed by atoms with E-state index in [1.54, 1.807) is 24.3 Å². The second-order valence-electron chi connectivity index (χ2n) is 3.61. The molecule has 4 heteroatoms. The van der Waals surface area contributed by atoms with Gasteiger partial charge in [0.15, 0.2) is 0 Å². The Morgan fingerprint density at radius 3 is 2.56 bits per heavy atom. The normalized spacial score (nSPS) is 9.78. The maximum Gasteiger partial charge on any atom is 0.278 e. The lowest BCUT2D eigenvalue weighted by Gasteiger charge is -2.06. The van der Waals surface area contributed by atoms with Crippen LogP contribution in [0.25, 0.3) is 11.1 Å². The van der Waals surface area contributed by atoms with Gasteiger partial charge < -0.3 is 0 Å². The van der Waals surface area contributed by atoms with Crippen molar-refractivity contribution in [1.29, 1.82) is 0 Å². The first-order chi connectivity index (χ1) is 8.63. The molecule has 0 aliphatic rings. The van der Waals surface area contributed by atoms with Crippen molar-refractivity contribution in [3.63, 3.8) is 0 Å². The van der Waals surface area contributed by atoms with Crippen molar-refractivity contribution in [3.8, 4) is 23.5 Å². The monoisotopic (exact) mass is 301 g/mol. The molecule has 0 N–H and O–H groups in total. The highest BCUT2D eigenvalue weighted by atomic mass is 79.9. The van der Waals surface area contributed by atoms with Crippen LogP contribution in [-0.4, -0.2) is 4.92 Å². The van der Waals surface area contributed by atoms with Crippen molar-refractivity contribution in [1.82, 2.24) is 0 Å². The van der Waals surface area contributed by atoms with Gasteiger partial charge in [0.2, 0.25) is 0 Å². The summed E-state index contributed by atoms with van der Waals surface area (Å²) in [6, 6.07) is 12.1. The summed E-state index contributed by atoms with van der Waals surface area (Å²) in [6.45, 7) is 0. The van der Waals surface area contributed by atoms with Crippen LogP contribution in [0.5, 0.6) is 0 Å². The molecule has 0 aromatic heterocycles. The van der Waals surface area contributed by atoms with Crippen LogP contribution in [0.3, 0.4) is 0 Å². The van der Waals surface area contributed by atoms with Gasteiger partial charge in [-0.05, 0) is 18.2 Å². The van der Waals surface area contributed by atoms with E-state index >= 15 is 0 Å². The standard InChI is InChI=1S/C14H8BrNO2/c1-2-10-5-3-4-6-12(10)13-8-7-11(15)9-14(13)16(17)18/h1,3-9H. The zero-order valence-electron chi connectivity index (χ0n) is 9.26. The number of rotatable bonds is 2. The molecule has 2 aromatic rings. The summed E-state index contributed by atoms with van der Waals surface area (Å²) >= 11 is 3.23. The van der Waals surface area contributed by atoms with Crippen LogP contribution >= 0.6 is 15.9 Å². The molecule has 0 amide bonds. The zero-order chi connectivity index (χ0) is 13.1. The van der Waals surface area contributed by atoms with Gasteiger partial charge in [-0.3, -0.25) is 10.1 Å². The average molecular weight is 302 g/mol. The highest BCUT2D eigenvalue weighted by Crippen LogP contribution is 2.33. The predicted octanol–water partition coefficient (Wildman–Crippen LogP) is 4.01. The van der Waals surface area contributed by atoms with E-state index < -0.39 is 4.92 Å². The molecular weight excluding hydrogens is 294 g/mol. The Bertz CT molecular complexity index is 659. The van der Waals surface area contributed by atoms with Crippen LogP contribution in [0.2, 0.25) is 0 Å². The molecule has 0 spiro atoms. The molecule has 0 aliphatic carbocycles. The van der Waals surface area contributed by atoms with Gasteiger partial charge in [-0.15, -0.1) is 6.42 Å². The maximum atomic E-state index is 11.1. The summed E-state index contributed by atoms with van der Waals surface area (Å²) in [5.74, 6) is 2.54. The molecule has 0 saturated carbocycles. The van der Waals surface area contributed by atoms with E-state index in [4.69, 9.17) is 6.42 Å². The number of nitro benzene ring substituents is 1. The third kappa shape index (κ3) is 2.27. The number of terminal acetylenes is 1. The van der Waals surface area contributed by atoms with E-state index in [9.17, 15) is 10.1 Å². The molecule has 0 radical (unpaired) electrons. The first-order valence-corrected chi connectivity index (χ1v) is 5.92. The Labute approximate surface area is 113 Å². The number of hydrogen-bond acceptors (Lipinski definition) is 2. The largest absolute Gasteiger partial charge is 0.278 e. The van der Waals surface area contributed by atoms with Crippen LogP contribution in [-0.2, 0) is 0 Å². The minimum atomic E-state index is -0.409. The van der Waals surface area contributed by atoms with Crippen molar-refractivity contribution in [2.75, 3.05) is 0 Å². The summed E-state index contributed by atoms with van der Waals surface area (Å²) in [7, 11) is 0. The van der Waals surface area contributed by atoms with E-state index in [0.717, 1.165) is 0 Å². The van der Waals surface area contributed by atoms with E-state index in [1.807, 2.05) is 12.1 Å². The van der Waals surface area contributed by atoms with Crippen LogP contribution in [0.15, 0.2) is 46.9 Å². The van der Waals surface area contributed by atoms with Gasteiger partial charge in [-0.25, -0.2) is 0 Å². The predicted molar refractivity (Wildman–Crippen MR) is 74.2 cm³/mol. The molecule has 3 nitrogen and oxygen atoms in total. The molecule has 0 unspecified atom stereocenters. The van der Waals surface area contributed by atoms with Gasteiger partial charge in [0.25, 0.3) is 5.69 Å². The molecule has 0 saturated heterocycles. The Morgan fingerprint density at radius 2 is 1.89 bits per heavy atom. The minimum absolute atomic E-state index is 0.0343. The highest BCUT2D eigenvalue weighted by Gasteiger charge is 2.17. The summed E-state index contributed by atoms with van der Waals surface area (Å²) in [5.41, 5.74) is 1.89. The topological polar surface area (TPSA) is 43.1 Å². The smallest absolute Gasteiger partial charge is 0.258 e. The summed E-state index contributed by atoms with van der Waals surface area (Å²) in [4.78, 5) is 10.7. The van der Waals surface area contributed by atoms with Crippen LogP contribution < -0.4 is 0 Å². The number of halogens is 1. The molecule has 0 aliphatic heterocycles. The van der Waals surface area contributed by atoms with Gasteiger partial charge in [0.1, 0.15) is 0 Å². The third-order valence-corrected chi connectivity index (χ3v) is 3.02. The molecule has 18 heavy (non-hydrogen) atoms. The second-order valence-corrected chi connectivity index (χ2v) is 4.52. The average Bonchev–Trinajstić information content (AvgIpc) is 2.38. The summed E-state index contributed by atoms with van der Waals surface area (Å²) in [6.07, 6.45) is 5.41. The molecule has 2 rings (SSSR count). The van der Waals surface area contributed by atoms with Crippen molar-refractivity contribution in [3.05, 3.63) is 62.6 Å². The van der Waals surface area contributed by atoms with E-state index in [-0.39, 0.29) is 5.69 Å². The number of nitro groups is 1. The van der Waals surface area contributed by atoms with Crippen molar-refractivity contribution < 1.29 is 4.92 Å². The molecular formula is C14H8BrNO2. The van der Waals surface area contributed by atoms with Crippen molar-refractivity contribution >= 4 is 21.6 Å². The Hall–Kier alpha value is -2.12. The Morgan fingerprint density at radius 1 is 1.17 bits per heavy atom. The SMILES string of the molecule is C#Cc1ccccc1-c1ccc(Br)cc1[N+](=O)[O-]. The Kier molecular flexibility index (Phi) is 3.45. The quantitative estimate of drug-likeness (QED) is 0.478. The molecule has 0 atom stereocenters. The van der Waals surface area contributed by atoms with Gasteiger partial charge in [-0.2, -0.15) is 0 Å². The first-order valence-electron chi connectivity index (χ1n) is 5.13. The molecule has 0 heterocycles.